The molecule has 1 rings (SSSR count). The van der Waals surface area contributed by atoms with Crippen LogP contribution in [-0.2, 0) is 89.3 Å². The van der Waals surface area contributed by atoms with Gasteiger partial charge >= 0.3 is 0 Å². The first-order chi connectivity index (χ1) is 52.2. The largest absolute Gasteiger partial charge is 0.379 e. The normalized spacial score (nSPS) is 11.2. The van der Waals surface area contributed by atoms with Crippen molar-refractivity contribution >= 4 is 69.5 Å². The van der Waals surface area contributed by atoms with Crippen LogP contribution in [0.1, 0.15) is 399 Å². The van der Waals surface area contributed by atoms with Gasteiger partial charge in [0.2, 0.25) is 5.91 Å². The third-order valence-corrected chi connectivity index (χ3v) is 18.9. The van der Waals surface area contributed by atoms with Crippen molar-refractivity contribution in [2.24, 2.45) is 0 Å². The van der Waals surface area contributed by atoms with Gasteiger partial charge in [-0.1, -0.05) is 216 Å². The number of Topliss-reactive ketones (excluding diaryl/α,β-unsaturated/α-hetero) is 11. The topological polar surface area (TPSA) is 314 Å². The maximum atomic E-state index is 11.9. The van der Waals surface area contributed by atoms with E-state index in [-0.39, 0.29) is 168 Å². The summed E-state index contributed by atoms with van der Waals surface area (Å²) in [6, 6.07) is 7.99. The standard InChI is InChI=1S/C19H35NO5.C18H28N2O2.C18H35NO4.C17H33NO2.C15H27NO3.10CH4/c1-16(21)10-12-24-14-15-25-13-11-18(23)8-6-4-5-7-9-19(20-3)17(2)22;1-4-15-8-10-16(11-9-15)13-18(22)20-12-6-5-7-17(19-3)14(2)21;1-4-5-12-22-14-15-23-13-11-17(21)9-7-6-8-10-18(19-3)16(2)20;1-4-5-6-7-9-12-16(20)13-10-8-11-14-17(18-3)15(2)19;1-12(17)10-11-14(19)8-6-4-5-7-9-15(16-3)13(2)18;;;;;;;;;;/h19-20H,4-15H2,1-3H3;8-11,17,19H,4-7,12-13H2,1-3H3,(H,20,22);18-19H,4-15H2,1-3H3;17-18H,4-14H2,1-3H3;15-16H,4-11H2,1-3H3;10*1H4. The third-order valence-electron chi connectivity index (χ3n) is 18.9. The van der Waals surface area contributed by atoms with Crippen molar-refractivity contribution < 1.29 is 76.5 Å². The molecule has 1 aromatic carbocycles. The predicted octanol–water partition coefficient (Wildman–Crippen LogP) is 20.5. The molecule has 0 fully saturated rings. The highest BCUT2D eigenvalue weighted by atomic mass is 16.5. The summed E-state index contributed by atoms with van der Waals surface area (Å²) in [5.41, 5.74) is 2.33. The van der Waals surface area contributed by atoms with E-state index in [9.17, 15) is 57.5 Å². The van der Waals surface area contributed by atoms with Gasteiger partial charge in [-0.05, 0) is 185 Å². The van der Waals surface area contributed by atoms with E-state index in [0.29, 0.717) is 116 Å². The van der Waals surface area contributed by atoms with Crippen LogP contribution in [-0.4, -0.2) is 194 Å². The Bertz CT molecular complexity index is 2500. The molecule has 0 heterocycles. The Labute approximate surface area is 734 Å². The number of carbonyl (C=O) groups excluding carboxylic acids is 12. The monoisotopic (exact) mass is 1700 g/mol. The zero-order valence-electron chi connectivity index (χ0n) is 71.4. The number of amides is 1. The Morgan fingerprint density at radius 1 is 0.269 bits per heavy atom. The first kappa shape index (κ1) is 145. The van der Waals surface area contributed by atoms with Crippen molar-refractivity contribution in [1.82, 2.24) is 31.9 Å². The number of ether oxygens (including phenoxy) is 4. The van der Waals surface area contributed by atoms with E-state index in [2.05, 4.69) is 64.8 Å². The highest BCUT2D eigenvalue weighted by Crippen LogP contribution is 2.15. The smallest absolute Gasteiger partial charge is 0.224 e. The van der Waals surface area contributed by atoms with Crippen molar-refractivity contribution in [2.75, 3.05) is 94.6 Å². The van der Waals surface area contributed by atoms with Gasteiger partial charge in [-0.15, -0.1) is 0 Å². The summed E-state index contributed by atoms with van der Waals surface area (Å²) in [7, 11) is 9.06. The fraction of sp³-hybridized carbons (Fsp3) is 0.814. The Balaban J connectivity index is -0.0000000948. The second kappa shape index (κ2) is 107. The van der Waals surface area contributed by atoms with E-state index in [1.54, 1.807) is 48.7 Å². The van der Waals surface area contributed by atoms with Gasteiger partial charge in [0.15, 0.2) is 0 Å². The Kier molecular flexibility index (Phi) is 130. The number of aryl methyl sites for hydroxylation is 1. The molecule has 1 aromatic rings. The van der Waals surface area contributed by atoms with Crippen molar-refractivity contribution in [3.05, 3.63) is 35.4 Å². The lowest BCUT2D eigenvalue weighted by Gasteiger charge is -2.12. The molecule has 0 spiro atoms. The Morgan fingerprint density at radius 3 is 0.807 bits per heavy atom. The molecule has 1 amide bonds. The molecule has 5 atom stereocenters. The molecule has 0 aliphatic heterocycles. The maximum Gasteiger partial charge on any atom is 0.224 e. The summed E-state index contributed by atoms with van der Waals surface area (Å²) in [6.07, 6.45) is 35.1. The lowest BCUT2D eigenvalue weighted by molar-refractivity contribution is -0.123. The maximum absolute atomic E-state index is 11.9. The van der Waals surface area contributed by atoms with E-state index < -0.39 is 0 Å². The number of hydrogen-bond acceptors (Lipinski definition) is 21. The fourth-order valence-corrected chi connectivity index (χ4v) is 11.6. The average Bonchev–Trinajstić information content (AvgIpc) is 0.908. The summed E-state index contributed by atoms with van der Waals surface area (Å²) in [6.45, 7) is 22.4. The van der Waals surface area contributed by atoms with Crippen LogP contribution >= 0.6 is 0 Å². The highest BCUT2D eigenvalue weighted by Gasteiger charge is 2.16. The number of ketones is 11. The molecule has 6 N–H and O–H groups in total. The van der Waals surface area contributed by atoms with Crippen LogP contribution in [0.4, 0.5) is 0 Å². The lowest BCUT2D eigenvalue weighted by Crippen LogP contribution is -2.32. The number of hydrogen-bond donors (Lipinski definition) is 6. The molecule has 0 aliphatic rings. The van der Waals surface area contributed by atoms with E-state index in [1.165, 1.54) is 45.1 Å². The van der Waals surface area contributed by atoms with E-state index in [4.69, 9.17) is 18.9 Å². The first-order valence-corrected chi connectivity index (χ1v) is 41.8. The molecule has 712 valence electrons. The van der Waals surface area contributed by atoms with Crippen LogP contribution < -0.4 is 31.9 Å². The summed E-state index contributed by atoms with van der Waals surface area (Å²) < 4.78 is 21.4. The average molecular weight is 1700 g/mol. The van der Waals surface area contributed by atoms with Gasteiger partial charge in [0, 0.05) is 77.4 Å². The minimum Gasteiger partial charge on any atom is -0.379 e. The van der Waals surface area contributed by atoms with Crippen molar-refractivity contribution in [1.29, 1.82) is 0 Å². The summed E-state index contributed by atoms with van der Waals surface area (Å²) in [5.74, 6) is 2.26. The molecule has 0 bridgehead atoms. The van der Waals surface area contributed by atoms with E-state index in [1.807, 2.05) is 33.3 Å². The number of unbranched alkanes of at least 4 members (excludes halogenated alkanes) is 16. The number of likely N-dealkylation sites (N-methyl/N-ethyl adjacent to an activating group) is 5. The molecule has 119 heavy (non-hydrogen) atoms. The second-order valence-corrected chi connectivity index (χ2v) is 28.8. The first-order valence-electron chi connectivity index (χ1n) is 41.8. The van der Waals surface area contributed by atoms with Gasteiger partial charge in [0.25, 0.3) is 0 Å². The van der Waals surface area contributed by atoms with Crippen LogP contribution in [0.5, 0.6) is 0 Å². The molecule has 22 nitrogen and oxygen atoms in total. The van der Waals surface area contributed by atoms with Crippen molar-refractivity contribution in [2.45, 2.75) is 431 Å². The Hall–Kier alpha value is -5.30. The van der Waals surface area contributed by atoms with Gasteiger partial charge in [-0.2, -0.15) is 0 Å². The van der Waals surface area contributed by atoms with Gasteiger partial charge in [-0.25, -0.2) is 0 Å². The minimum absolute atomic E-state index is 0. The molecule has 0 saturated carbocycles. The molecule has 5 unspecified atom stereocenters. The molecule has 0 radical (unpaired) electrons. The van der Waals surface area contributed by atoms with E-state index in [0.717, 1.165) is 186 Å². The number of nitrogens with one attached hydrogen (secondary N) is 6. The van der Waals surface area contributed by atoms with Crippen LogP contribution in [0.15, 0.2) is 24.3 Å². The van der Waals surface area contributed by atoms with Gasteiger partial charge in [-0.3, -0.25) is 52.7 Å². The molecule has 0 aliphatic carbocycles. The number of rotatable bonds is 71. The molecule has 0 aromatic heterocycles. The Morgan fingerprint density at radius 2 is 0.521 bits per heavy atom. The van der Waals surface area contributed by atoms with Gasteiger partial charge in [0.1, 0.15) is 63.6 Å². The summed E-state index contributed by atoms with van der Waals surface area (Å²) in [4.78, 5) is 136. The number of benzene rings is 1. The van der Waals surface area contributed by atoms with Crippen molar-refractivity contribution in [3.63, 3.8) is 0 Å². The summed E-state index contributed by atoms with van der Waals surface area (Å²) in [5, 5.41) is 18.0. The highest BCUT2D eigenvalue weighted by molar-refractivity contribution is 5.85. The second-order valence-electron chi connectivity index (χ2n) is 28.8. The van der Waals surface area contributed by atoms with Crippen molar-refractivity contribution in [3.8, 4) is 0 Å². The molecular weight excluding hydrogens is 1510 g/mol. The van der Waals surface area contributed by atoms with E-state index >= 15 is 0 Å². The van der Waals surface area contributed by atoms with Gasteiger partial charge < -0.3 is 55.6 Å². The number of carbonyl (C=O) groups is 12. The zero-order valence-corrected chi connectivity index (χ0v) is 71.4. The van der Waals surface area contributed by atoms with Crippen LogP contribution in [0.25, 0.3) is 0 Å². The van der Waals surface area contributed by atoms with Crippen LogP contribution in [0.3, 0.4) is 0 Å². The molecule has 0 saturated heterocycles. The molecule has 22 heteroatoms. The minimum atomic E-state index is -0.0622. The quantitative estimate of drug-likeness (QED) is 0.0330. The zero-order chi connectivity index (χ0) is 82.5. The van der Waals surface area contributed by atoms with Crippen LogP contribution in [0.2, 0.25) is 0 Å². The third kappa shape index (κ3) is 103. The summed E-state index contributed by atoms with van der Waals surface area (Å²) >= 11 is 0. The molecular formula is C97H198N6O16. The van der Waals surface area contributed by atoms with Gasteiger partial charge in [0.05, 0.1) is 82.9 Å². The fourth-order valence-electron chi connectivity index (χ4n) is 11.6. The predicted molar refractivity (Wildman–Crippen MR) is 509 cm³/mol. The lowest BCUT2D eigenvalue weighted by atomic mass is 10.0. The SMILES string of the molecule is C.C.C.C.C.C.C.C.C.C.CCCCCCCC(=O)CCCCCC(NC)C(C)=O.CCCCOCCOCCC(=O)CCCCCC(NC)C(C)=O.CCc1ccc(CC(=O)NCCCCC(NC)C(C)=O)cc1.CNC(CCCCCCC(=O)CCC(C)=O)C(C)=O.CNC(CCCCCCC(=O)CCOCCOCCC(C)=O)C(C)=O. The van der Waals surface area contributed by atoms with Crippen LogP contribution in [0, 0.1) is 0 Å².